The maximum absolute atomic E-state index is 9.26. The summed E-state index contributed by atoms with van der Waals surface area (Å²) in [5.74, 6) is -0.0291. The van der Waals surface area contributed by atoms with Crippen LogP contribution in [0.5, 0.6) is 0 Å². The molecule has 0 saturated carbocycles. The van der Waals surface area contributed by atoms with Crippen LogP contribution in [-0.2, 0) is 0 Å². The molecule has 0 saturated heterocycles. The lowest BCUT2D eigenvalue weighted by Crippen LogP contribution is -2.11. The van der Waals surface area contributed by atoms with Gasteiger partial charge in [-0.25, -0.2) is 4.98 Å². The monoisotopic (exact) mass is 176 g/mol. The van der Waals surface area contributed by atoms with Crippen molar-refractivity contribution in [3.63, 3.8) is 0 Å². The lowest BCUT2D eigenvalue weighted by molar-refractivity contribution is 0.198. The maximum atomic E-state index is 9.26. The van der Waals surface area contributed by atoms with Gasteiger partial charge in [0.05, 0.1) is 0 Å². The molecule has 0 radical (unpaired) electrons. The molecule has 2 aromatic rings. The molecule has 5 heteroatoms. The largest absolute Gasteiger partial charge is 0.427 e. The summed E-state index contributed by atoms with van der Waals surface area (Å²) in [5, 5.41) is 17.2. The number of nitrogens with zero attached hydrogens (tertiary/aromatic N) is 2. The molecule has 0 aliphatic heterocycles. The van der Waals surface area contributed by atoms with E-state index >= 15 is 0 Å². The molecular formula is C8H8N4O. The minimum atomic E-state index is -0.0291. The van der Waals surface area contributed by atoms with Crippen LogP contribution in [0.3, 0.4) is 0 Å². The highest BCUT2D eigenvalue weighted by molar-refractivity contribution is 6.06. The first-order valence-electron chi connectivity index (χ1n) is 3.70. The maximum Gasteiger partial charge on any atom is 0.175 e. The number of fused-ring (bicyclic) bond motifs is 1. The molecule has 0 fully saturated rings. The summed E-state index contributed by atoms with van der Waals surface area (Å²) >= 11 is 0. The Hall–Kier alpha value is -2.04. The molecule has 0 aliphatic rings. The minimum Gasteiger partial charge on any atom is -0.427 e. The van der Waals surface area contributed by atoms with E-state index in [4.69, 9.17) is 11.1 Å². The summed E-state index contributed by atoms with van der Waals surface area (Å²) in [6.45, 7) is 0. The third-order valence-corrected chi connectivity index (χ3v) is 1.86. The van der Waals surface area contributed by atoms with Gasteiger partial charge in [-0.2, -0.15) is 4.73 Å². The molecule has 0 aromatic carbocycles. The van der Waals surface area contributed by atoms with Gasteiger partial charge in [0.25, 0.3) is 0 Å². The number of rotatable bonds is 1. The number of hydrogen-bond acceptors (Lipinski definition) is 3. The second-order valence-corrected chi connectivity index (χ2v) is 2.67. The highest BCUT2D eigenvalue weighted by Gasteiger charge is 2.07. The van der Waals surface area contributed by atoms with E-state index in [0.717, 1.165) is 4.73 Å². The van der Waals surface area contributed by atoms with Crippen molar-refractivity contribution >= 4 is 16.9 Å². The molecule has 0 spiro atoms. The Bertz CT molecular complexity index is 474. The van der Waals surface area contributed by atoms with E-state index < -0.39 is 0 Å². The van der Waals surface area contributed by atoms with Crippen molar-refractivity contribution in [3.8, 4) is 0 Å². The van der Waals surface area contributed by atoms with Gasteiger partial charge in [-0.15, -0.1) is 0 Å². The summed E-state index contributed by atoms with van der Waals surface area (Å²) in [5.41, 5.74) is 6.34. The average molecular weight is 176 g/mol. The average Bonchev–Trinajstić information content (AvgIpc) is 2.48. The van der Waals surface area contributed by atoms with Gasteiger partial charge in [-0.05, 0) is 12.1 Å². The molecule has 2 rings (SSSR count). The zero-order chi connectivity index (χ0) is 9.42. The highest BCUT2D eigenvalue weighted by atomic mass is 16.5. The molecule has 4 N–H and O–H groups in total. The van der Waals surface area contributed by atoms with Gasteiger partial charge in [-0.1, -0.05) is 0 Å². The second-order valence-electron chi connectivity index (χ2n) is 2.67. The number of hydrogen-bond donors (Lipinski definition) is 3. The SMILES string of the molecule is N=C(N)c1ccnc2c1ccn2O. The van der Waals surface area contributed by atoms with E-state index in [9.17, 15) is 5.21 Å². The van der Waals surface area contributed by atoms with Crippen LogP contribution in [0, 0.1) is 5.41 Å². The van der Waals surface area contributed by atoms with E-state index in [1.165, 1.54) is 12.4 Å². The quantitative estimate of drug-likeness (QED) is 0.337. The Labute approximate surface area is 73.9 Å². The molecule has 5 nitrogen and oxygen atoms in total. The van der Waals surface area contributed by atoms with Crippen molar-refractivity contribution in [1.29, 1.82) is 5.41 Å². The van der Waals surface area contributed by atoms with Crippen LogP contribution in [0.15, 0.2) is 24.5 Å². The predicted molar refractivity (Wildman–Crippen MR) is 47.9 cm³/mol. The summed E-state index contributed by atoms with van der Waals surface area (Å²) in [7, 11) is 0. The van der Waals surface area contributed by atoms with E-state index in [0.29, 0.717) is 16.6 Å². The molecule has 0 aliphatic carbocycles. The van der Waals surface area contributed by atoms with Gasteiger partial charge in [0.2, 0.25) is 0 Å². The van der Waals surface area contributed by atoms with Crippen molar-refractivity contribution < 1.29 is 5.21 Å². The Morgan fingerprint density at radius 2 is 2.31 bits per heavy atom. The predicted octanol–water partition coefficient (Wildman–Crippen LogP) is 0.558. The van der Waals surface area contributed by atoms with Gasteiger partial charge in [0, 0.05) is 23.3 Å². The smallest absolute Gasteiger partial charge is 0.175 e. The fourth-order valence-electron chi connectivity index (χ4n) is 1.26. The molecule has 66 valence electrons. The van der Waals surface area contributed by atoms with Crippen molar-refractivity contribution in [2.75, 3.05) is 0 Å². The molecule has 13 heavy (non-hydrogen) atoms. The van der Waals surface area contributed by atoms with Crippen LogP contribution in [0.1, 0.15) is 5.56 Å². The van der Waals surface area contributed by atoms with Crippen molar-refractivity contribution in [2.45, 2.75) is 0 Å². The fourth-order valence-corrected chi connectivity index (χ4v) is 1.26. The first kappa shape index (κ1) is 7.60. The van der Waals surface area contributed by atoms with E-state index in [2.05, 4.69) is 4.98 Å². The number of nitrogen functional groups attached to an aromatic ring is 1. The Morgan fingerprint density at radius 3 is 3.00 bits per heavy atom. The third-order valence-electron chi connectivity index (χ3n) is 1.86. The molecule has 0 atom stereocenters. The number of nitrogens with one attached hydrogen (secondary N) is 1. The van der Waals surface area contributed by atoms with Crippen LogP contribution < -0.4 is 5.73 Å². The van der Waals surface area contributed by atoms with Crippen LogP contribution in [-0.4, -0.2) is 20.8 Å². The fraction of sp³-hybridized carbons (Fsp3) is 0. The van der Waals surface area contributed by atoms with Gasteiger partial charge in [0.1, 0.15) is 5.84 Å². The normalized spacial score (nSPS) is 10.5. The van der Waals surface area contributed by atoms with Crippen LogP contribution in [0.4, 0.5) is 0 Å². The topological polar surface area (TPSA) is 87.9 Å². The third kappa shape index (κ3) is 1.01. The number of amidine groups is 1. The first-order chi connectivity index (χ1) is 6.20. The summed E-state index contributed by atoms with van der Waals surface area (Å²) < 4.78 is 0.905. The molecular weight excluding hydrogens is 168 g/mol. The van der Waals surface area contributed by atoms with Crippen LogP contribution in [0.2, 0.25) is 0 Å². The summed E-state index contributed by atoms with van der Waals surface area (Å²) in [6, 6.07) is 3.31. The zero-order valence-electron chi connectivity index (χ0n) is 6.73. The molecule has 2 aromatic heterocycles. The van der Waals surface area contributed by atoms with Gasteiger partial charge in [-0.3, -0.25) is 5.41 Å². The summed E-state index contributed by atoms with van der Waals surface area (Å²) in [4.78, 5) is 3.94. The van der Waals surface area contributed by atoms with Crippen molar-refractivity contribution in [2.24, 2.45) is 5.73 Å². The zero-order valence-corrected chi connectivity index (χ0v) is 6.73. The van der Waals surface area contributed by atoms with Crippen molar-refractivity contribution in [3.05, 3.63) is 30.1 Å². The minimum absolute atomic E-state index is 0.0291. The first-order valence-corrected chi connectivity index (χ1v) is 3.70. The van der Waals surface area contributed by atoms with Gasteiger partial charge >= 0.3 is 0 Å². The van der Waals surface area contributed by atoms with Crippen molar-refractivity contribution in [1.82, 2.24) is 9.71 Å². The molecule has 0 amide bonds. The molecule has 2 heterocycles. The van der Waals surface area contributed by atoms with Crippen LogP contribution >= 0.6 is 0 Å². The second kappa shape index (κ2) is 2.48. The Morgan fingerprint density at radius 1 is 1.54 bits per heavy atom. The standard InChI is InChI=1S/C8H8N4O/c9-7(10)5-1-3-11-8-6(5)2-4-12(8)13/h1-4,13H,(H3,9,10). The lowest BCUT2D eigenvalue weighted by atomic mass is 10.2. The number of nitrogens with two attached hydrogens (primary N) is 1. The number of pyridine rings is 1. The van der Waals surface area contributed by atoms with E-state index in [-0.39, 0.29) is 5.84 Å². The Balaban J connectivity index is 2.84. The van der Waals surface area contributed by atoms with Gasteiger partial charge < -0.3 is 10.9 Å². The highest BCUT2D eigenvalue weighted by Crippen LogP contribution is 2.15. The van der Waals surface area contributed by atoms with Crippen LogP contribution in [0.25, 0.3) is 11.0 Å². The molecule has 0 bridgehead atoms. The van der Waals surface area contributed by atoms with E-state index in [1.54, 1.807) is 12.1 Å². The molecule has 0 unspecified atom stereocenters. The van der Waals surface area contributed by atoms with E-state index in [1.807, 2.05) is 0 Å². The lowest BCUT2D eigenvalue weighted by Gasteiger charge is -1.99. The summed E-state index contributed by atoms with van der Waals surface area (Å²) in [6.07, 6.45) is 2.97. The Kier molecular flexibility index (Phi) is 1.45. The van der Waals surface area contributed by atoms with Gasteiger partial charge in [0.15, 0.2) is 5.65 Å². The number of aromatic nitrogens is 2.